The second-order valence-corrected chi connectivity index (χ2v) is 5.49. The summed E-state index contributed by atoms with van der Waals surface area (Å²) in [5.74, 6) is -0.902. The number of aliphatic carboxylic acids is 1. The first kappa shape index (κ1) is 13.4. The highest BCUT2D eigenvalue weighted by molar-refractivity contribution is 6.30. The van der Waals surface area contributed by atoms with Gasteiger partial charge in [-0.15, -0.1) is 0 Å². The highest BCUT2D eigenvalue weighted by Crippen LogP contribution is 2.21. The summed E-state index contributed by atoms with van der Waals surface area (Å²) in [4.78, 5) is 13.2. The normalized spacial score (nSPS) is 20.9. The lowest BCUT2D eigenvalue weighted by atomic mass is 9.98. The maximum Gasteiger partial charge on any atom is 0.307 e. The van der Waals surface area contributed by atoms with E-state index in [4.69, 9.17) is 16.7 Å². The Morgan fingerprint density at radius 1 is 1.50 bits per heavy atom. The molecule has 18 heavy (non-hydrogen) atoms. The van der Waals surface area contributed by atoms with Crippen LogP contribution < -0.4 is 0 Å². The third kappa shape index (κ3) is 3.47. The zero-order chi connectivity index (χ0) is 13.1. The molecule has 1 unspecified atom stereocenters. The molecule has 0 aromatic heterocycles. The summed E-state index contributed by atoms with van der Waals surface area (Å²) < 4.78 is 0. The van der Waals surface area contributed by atoms with Gasteiger partial charge in [-0.1, -0.05) is 17.7 Å². The molecule has 1 N–H and O–H groups in total. The Bertz CT molecular complexity index is 427. The van der Waals surface area contributed by atoms with Gasteiger partial charge >= 0.3 is 5.97 Å². The van der Waals surface area contributed by atoms with Crippen molar-refractivity contribution in [2.45, 2.75) is 26.3 Å². The molecule has 0 spiro atoms. The zero-order valence-corrected chi connectivity index (χ0v) is 11.3. The lowest BCUT2D eigenvalue weighted by Gasteiger charge is -2.30. The molecule has 4 heteroatoms. The van der Waals surface area contributed by atoms with Gasteiger partial charge in [0.05, 0.1) is 5.92 Å². The van der Waals surface area contributed by atoms with Crippen LogP contribution in [0.5, 0.6) is 0 Å². The number of rotatable bonds is 3. The summed E-state index contributed by atoms with van der Waals surface area (Å²) in [6.07, 6.45) is 1.75. The average Bonchev–Trinajstić information content (AvgIpc) is 2.27. The van der Waals surface area contributed by atoms with Gasteiger partial charge in [0.25, 0.3) is 0 Å². The highest BCUT2D eigenvalue weighted by Gasteiger charge is 2.25. The largest absolute Gasteiger partial charge is 0.481 e. The average molecular weight is 268 g/mol. The number of benzene rings is 1. The SMILES string of the molecule is Cc1cc(Cl)cc(CN2CCCC(C(=O)O)C2)c1. The summed E-state index contributed by atoms with van der Waals surface area (Å²) in [6, 6.07) is 6.00. The van der Waals surface area contributed by atoms with Crippen LogP contribution in [0.15, 0.2) is 18.2 Å². The molecule has 1 heterocycles. The first-order chi connectivity index (χ1) is 8.54. The van der Waals surface area contributed by atoms with Gasteiger partial charge in [0, 0.05) is 18.1 Å². The number of carboxylic acids is 1. The van der Waals surface area contributed by atoms with Crippen LogP contribution in [0.1, 0.15) is 24.0 Å². The third-order valence-corrected chi connectivity index (χ3v) is 3.58. The van der Waals surface area contributed by atoms with Gasteiger partial charge in [0.1, 0.15) is 0 Å². The molecule has 1 aliphatic rings. The Morgan fingerprint density at radius 3 is 2.94 bits per heavy atom. The number of likely N-dealkylation sites (tertiary alicyclic amines) is 1. The van der Waals surface area contributed by atoms with E-state index in [2.05, 4.69) is 11.0 Å². The monoisotopic (exact) mass is 267 g/mol. The molecular formula is C14H18ClNO2. The minimum Gasteiger partial charge on any atom is -0.481 e. The van der Waals surface area contributed by atoms with E-state index in [9.17, 15) is 4.79 Å². The number of aryl methyl sites for hydroxylation is 1. The molecule has 1 fully saturated rings. The first-order valence-corrected chi connectivity index (χ1v) is 6.63. The van der Waals surface area contributed by atoms with Crippen LogP contribution >= 0.6 is 11.6 Å². The fraction of sp³-hybridized carbons (Fsp3) is 0.500. The molecule has 3 nitrogen and oxygen atoms in total. The number of piperidine rings is 1. The summed E-state index contributed by atoms with van der Waals surface area (Å²) in [7, 11) is 0. The van der Waals surface area contributed by atoms with Crippen molar-refractivity contribution in [1.82, 2.24) is 4.90 Å². The molecule has 0 amide bonds. The van der Waals surface area contributed by atoms with Crippen LogP contribution in [0.25, 0.3) is 0 Å². The maximum atomic E-state index is 11.0. The quantitative estimate of drug-likeness (QED) is 0.915. The predicted octanol–water partition coefficient (Wildman–Crippen LogP) is 2.95. The molecular weight excluding hydrogens is 250 g/mol. The Kier molecular flexibility index (Phi) is 4.25. The van der Waals surface area contributed by atoms with Gasteiger partial charge in [0.15, 0.2) is 0 Å². The number of hydrogen-bond acceptors (Lipinski definition) is 2. The van der Waals surface area contributed by atoms with Crippen LogP contribution in [0.4, 0.5) is 0 Å². The van der Waals surface area contributed by atoms with Crippen molar-refractivity contribution >= 4 is 17.6 Å². The molecule has 0 saturated carbocycles. The number of halogens is 1. The molecule has 98 valence electrons. The lowest BCUT2D eigenvalue weighted by Crippen LogP contribution is -2.38. The zero-order valence-electron chi connectivity index (χ0n) is 10.5. The Hall–Kier alpha value is -1.06. The molecule has 1 saturated heterocycles. The Balaban J connectivity index is 2.02. The van der Waals surface area contributed by atoms with Crippen LogP contribution in [-0.2, 0) is 11.3 Å². The van der Waals surface area contributed by atoms with Crippen LogP contribution in [0, 0.1) is 12.8 Å². The van der Waals surface area contributed by atoms with Crippen LogP contribution in [-0.4, -0.2) is 29.1 Å². The summed E-state index contributed by atoms with van der Waals surface area (Å²) in [6.45, 7) is 4.41. The van der Waals surface area contributed by atoms with Crippen LogP contribution in [0.3, 0.4) is 0 Å². The minimum absolute atomic E-state index is 0.223. The summed E-state index contributed by atoms with van der Waals surface area (Å²) >= 11 is 6.03. The molecule has 0 bridgehead atoms. The summed E-state index contributed by atoms with van der Waals surface area (Å²) in [5.41, 5.74) is 2.30. The second-order valence-electron chi connectivity index (χ2n) is 5.05. The molecule has 1 aliphatic heterocycles. The van der Waals surface area contributed by atoms with Crippen molar-refractivity contribution in [3.63, 3.8) is 0 Å². The van der Waals surface area contributed by atoms with E-state index >= 15 is 0 Å². The van der Waals surface area contributed by atoms with Crippen molar-refractivity contribution in [1.29, 1.82) is 0 Å². The van der Waals surface area contributed by atoms with Gasteiger partial charge in [-0.25, -0.2) is 0 Å². The molecule has 1 aromatic carbocycles. The van der Waals surface area contributed by atoms with Gasteiger partial charge in [-0.2, -0.15) is 0 Å². The van der Waals surface area contributed by atoms with Crippen molar-refractivity contribution in [2.24, 2.45) is 5.92 Å². The first-order valence-electron chi connectivity index (χ1n) is 6.26. The van der Waals surface area contributed by atoms with Gasteiger partial charge in [-0.3, -0.25) is 9.69 Å². The fourth-order valence-corrected chi connectivity index (χ4v) is 2.87. The van der Waals surface area contributed by atoms with E-state index in [1.54, 1.807) is 0 Å². The van der Waals surface area contributed by atoms with E-state index in [0.29, 0.717) is 6.54 Å². The van der Waals surface area contributed by atoms with Crippen molar-refractivity contribution in [2.75, 3.05) is 13.1 Å². The summed E-state index contributed by atoms with van der Waals surface area (Å²) in [5, 5.41) is 9.81. The molecule has 0 aliphatic carbocycles. The van der Waals surface area contributed by atoms with Crippen LogP contribution in [0.2, 0.25) is 5.02 Å². The van der Waals surface area contributed by atoms with Gasteiger partial charge in [-0.05, 0) is 49.6 Å². The Morgan fingerprint density at radius 2 is 2.28 bits per heavy atom. The third-order valence-electron chi connectivity index (χ3n) is 3.36. The van der Waals surface area contributed by atoms with Gasteiger partial charge < -0.3 is 5.11 Å². The van der Waals surface area contributed by atoms with E-state index in [0.717, 1.165) is 42.1 Å². The maximum absolute atomic E-state index is 11.0. The molecule has 2 rings (SSSR count). The topological polar surface area (TPSA) is 40.5 Å². The fourth-order valence-electron chi connectivity index (χ4n) is 2.56. The second kappa shape index (κ2) is 5.72. The minimum atomic E-state index is -0.679. The van der Waals surface area contributed by atoms with Crippen molar-refractivity contribution in [3.05, 3.63) is 34.3 Å². The standard InChI is InChI=1S/C14H18ClNO2/c1-10-5-11(7-13(15)6-10)8-16-4-2-3-12(9-16)14(17)18/h5-7,12H,2-4,8-9H2,1H3,(H,17,18). The predicted molar refractivity (Wildman–Crippen MR) is 71.8 cm³/mol. The number of nitrogens with zero attached hydrogens (tertiary/aromatic N) is 1. The lowest BCUT2D eigenvalue weighted by molar-refractivity contribution is -0.143. The van der Waals surface area contributed by atoms with Crippen molar-refractivity contribution in [3.8, 4) is 0 Å². The molecule has 1 atom stereocenters. The van der Waals surface area contributed by atoms with E-state index in [1.165, 1.54) is 0 Å². The smallest absolute Gasteiger partial charge is 0.307 e. The van der Waals surface area contributed by atoms with E-state index in [1.807, 2.05) is 19.1 Å². The van der Waals surface area contributed by atoms with Gasteiger partial charge in [0.2, 0.25) is 0 Å². The van der Waals surface area contributed by atoms with E-state index in [-0.39, 0.29) is 5.92 Å². The Labute approximate surface area is 112 Å². The van der Waals surface area contributed by atoms with Crippen molar-refractivity contribution < 1.29 is 9.90 Å². The van der Waals surface area contributed by atoms with E-state index < -0.39 is 5.97 Å². The molecule has 0 radical (unpaired) electrons. The number of carboxylic acid groups (broad SMARTS) is 1. The molecule has 1 aromatic rings. The number of carbonyl (C=O) groups is 1. The highest BCUT2D eigenvalue weighted by atomic mass is 35.5. The number of hydrogen-bond donors (Lipinski definition) is 1.